The summed E-state index contributed by atoms with van der Waals surface area (Å²) in [5, 5.41) is 9.09. The molecule has 0 saturated heterocycles. The van der Waals surface area contributed by atoms with Crippen molar-refractivity contribution in [2.75, 3.05) is 6.54 Å². The molecule has 0 aliphatic carbocycles. The molecule has 3 nitrogen and oxygen atoms in total. The molecule has 1 rings (SSSR count). The van der Waals surface area contributed by atoms with Crippen molar-refractivity contribution in [1.29, 1.82) is 0 Å². The molecule has 1 atom stereocenters. The summed E-state index contributed by atoms with van der Waals surface area (Å²) in [4.78, 5) is 11.1. The van der Waals surface area contributed by atoms with Crippen molar-refractivity contribution in [3.8, 4) is 0 Å². The molecule has 0 spiro atoms. The second-order valence-corrected chi connectivity index (χ2v) is 5.28. The van der Waals surface area contributed by atoms with Crippen LogP contribution in [0.2, 0.25) is 0 Å². The van der Waals surface area contributed by atoms with Gasteiger partial charge in [0, 0.05) is 11.0 Å². The highest BCUT2D eigenvalue weighted by molar-refractivity contribution is 9.10. The van der Waals surface area contributed by atoms with E-state index in [4.69, 9.17) is 10.8 Å². The molecular weight excluding hydrogens is 294 g/mol. The Kier molecular flexibility index (Phi) is 5.82. The minimum absolute atomic E-state index is 0.117. The highest BCUT2D eigenvalue weighted by Crippen LogP contribution is 2.32. The molecule has 0 aliphatic rings. The third kappa shape index (κ3) is 3.33. The maximum Gasteiger partial charge on any atom is 0.312 e. The molecule has 0 fully saturated rings. The third-order valence-electron chi connectivity index (χ3n) is 3.39. The topological polar surface area (TPSA) is 63.3 Å². The van der Waals surface area contributed by atoms with Gasteiger partial charge in [0.1, 0.15) is 0 Å². The van der Waals surface area contributed by atoms with Gasteiger partial charge in [-0.3, -0.25) is 4.79 Å². The Bertz CT molecular complexity index is 416. The lowest BCUT2D eigenvalue weighted by Gasteiger charge is -2.17. The first-order chi connectivity index (χ1) is 8.54. The molecule has 1 aromatic rings. The largest absolute Gasteiger partial charge is 0.481 e. The lowest BCUT2D eigenvalue weighted by Crippen LogP contribution is -2.21. The molecule has 0 radical (unpaired) electrons. The Balaban J connectivity index is 3.08. The number of carboxylic acids is 1. The summed E-state index contributed by atoms with van der Waals surface area (Å²) in [6.07, 6.45) is 2.15. The van der Waals surface area contributed by atoms with E-state index in [0.29, 0.717) is 5.92 Å². The molecular formula is C14H20BrNO2. The van der Waals surface area contributed by atoms with E-state index in [-0.39, 0.29) is 6.54 Å². The molecule has 0 bridgehead atoms. The second kappa shape index (κ2) is 6.90. The van der Waals surface area contributed by atoms with Crippen LogP contribution < -0.4 is 5.73 Å². The fraction of sp³-hybridized carbons (Fsp3) is 0.500. The van der Waals surface area contributed by atoms with Gasteiger partial charge >= 0.3 is 5.97 Å². The monoisotopic (exact) mass is 313 g/mol. The van der Waals surface area contributed by atoms with Crippen molar-refractivity contribution in [2.24, 2.45) is 5.73 Å². The van der Waals surface area contributed by atoms with Crippen LogP contribution in [0.4, 0.5) is 0 Å². The maximum atomic E-state index is 11.1. The number of nitrogens with two attached hydrogens (primary N) is 1. The minimum Gasteiger partial charge on any atom is -0.481 e. The minimum atomic E-state index is -0.875. The van der Waals surface area contributed by atoms with Gasteiger partial charge in [0.2, 0.25) is 0 Å². The first-order valence-electron chi connectivity index (χ1n) is 6.27. The van der Waals surface area contributed by atoms with Gasteiger partial charge in [-0.05, 0) is 36.0 Å². The van der Waals surface area contributed by atoms with Crippen LogP contribution in [0.15, 0.2) is 22.7 Å². The van der Waals surface area contributed by atoms with Crippen LogP contribution in [0.1, 0.15) is 49.7 Å². The molecule has 0 amide bonds. The van der Waals surface area contributed by atoms with Crippen molar-refractivity contribution in [1.82, 2.24) is 0 Å². The number of carbonyl (C=O) groups is 1. The zero-order chi connectivity index (χ0) is 13.7. The Labute approximate surface area is 117 Å². The summed E-state index contributed by atoms with van der Waals surface area (Å²) in [6, 6.07) is 5.78. The molecule has 0 saturated carbocycles. The first kappa shape index (κ1) is 15.2. The quantitative estimate of drug-likeness (QED) is 0.845. The van der Waals surface area contributed by atoms with Gasteiger partial charge in [-0.25, -0.2) is 0 Å². The second-order valence-electron chi connectivity index (χ2n) is 4.42. The average Bonchev–Trinajstić information content (AvgIpc) is 2.33. The lowest BCUT2D eigenvalue weighted by atomic mass is 9.91. The fourth-order valence-electron chi connectivity index (χ4n) is 2.20. The highest BCUT2D eigenvalue weighted by atomic mass is 79.9. The number of hydrogen-bond donors (Lipinski definition) is 2. The molecule has 0 heterocycles. The van der Waals surface area contributed by atoms with Crippen LogP contribution in [0, 0.1) is 0 Å². The van der Waals surface area contributed by atoms with E-state index in [2.05, 4.69) is 29.8 Å². The first-order valence-corrected chi connectivity index (χ1v) is 7.06. The van der Waals surface area contributed by atoms with Gasteiger partial charge in [-0.1, -0.05) is 41.9 Å². The predicted molar refractivity (Wildman–Crippen MR) is 76.9 cm³/mol. The van der Waals surface area contributed by atoms with Crippen molar-refractivity contribution >= 4 is 21.9 Å². The van der Waals surface area contributed by atoms with Crippen molar-refractivity contribution in [2.45, 2.75) is 38.5 Å². The molecule has 4 heteroatoms. The zero-order valence-corrected chi connectivity index (χ0v) is 12.4. The summed E-state index contributed by atoms with van der Waals surface area (Å²) in [5.74, 6) is -0.994. The van der Waals surface area contributed by atoms with Gasteiger partial charge in [0.25, 0.3) is 0 Å². The molecule has 0 aromatic heterocycles. The average molecular weight is 314 g/mol. The van der Waals surface area contributed by atoms with Gasteiger partial charge in [0.05, 0.1) is 5.92 Å². The number of hydrogen-bond acceptors (Lipinski definition) is 2. The highest BCUT2D eigenvalue weighted by Gasteiger charge is 2.19. The van der Waals surface area contributed by atoms with Crippen molar-refractivity contribution < 1.29 is 9.90 Å². The summed E-state index contributed by atoms with van der Waals surface area (Å²) in [5.41, 5.74) is 7.51. The van der Waals surface area contributed by atoms with E-state index in [9.17, 15) is 4.79 Å². The summed E-state index contributed by atoms with van der Waals surface area (Å²) < 4.78 is 0.980. The van der Waals surface area contributed by atoms with Crippen LogP contribution in [0.3, 0.4) is 0 Å². The molecule has 3 N–H and O–H groups in total. The Morgan fingerprint density at radius 2 is 2.00 bits per heavy atom. The zero-order valence-electron chi connectivity index (χ0n) is 10.8. The van der Waals surface area contributed by atoms with Crippen LogP contribution in [0.5, 0.6) is 0 Å². The number of rotatable bonds is 6. The van der Waals surface area contributed by atoms with Crippen LogP contribution in [-0.2, 0) is 4.79 Å². The standard InChI is InChI=1S/C14H20BrNO2/c1-3-9(4-2)11-6-5-10(7-13(11)15)12(8-16)14(17)18/h5-7,9,12H,3-4,8,16H2,1-2H3,(H,17,18). The Hall–Kier alpha value is -0.870. The Morgan fingerprint density at radius 1 is 1.39 bits per heavy atom. The smallest absolute Gasteiger partial charge is 0.312 e. The third-order valence-corrected chi connectivity index (χ3v) is 4.07. The van der Waals surface area contributed by atoms with E-state index >= 15 is 0 Å². The lowest BCUT2D eigenvalue weighted by molar-refractivity contribution is -0.138. The van der Waals surface area contributed by atoms with Crippen molar-refractivity contribution in [3.05, 3.63) is 33.8 Å². The molecule has 100 valence electrons. The summed E-state index contributed by atoms with van der Waals surface area (Å²) in [6.45, 7) is 4.44. The van der Waals surface area contributed by atoms with E-state index in [1.807, 2.05) is 18.2 Å². The van der Waals surface area contributed by atoms with E-state index in [1.165, 1.54) is 5.56 Å². The van der Waals surface area contributed by atoms with Gasteiger partial charge < -0.3 is 10.8 Å². The SMILES string of the molecule is CCC(CC)c1ccc(C(CN)C(=O)O)cc1Br. The molecule has 1 aromatic carbocycles. The van der Waals surface area contributed by atoms with Crippen LogP contribution in [0.25, 0.3) is 0 Å². The van der Waals surface area contributed by atoms with Crippen LogP contribution in [-0.4, -0.2) is 17.6 Å². The van der Waals surface area contributed by atoms with Crippen molar-refractivity contribution in [3.63, 3.8) is 0 Å². The van der Waals surface area contributed by atoms with Gasteiger partial charge in [-0.2, -0.15) is 0 Å². The fourth-order valence-corrected chi connectivity index (χ4v) is 2.92. The number of carboxylic acid groups (broad SMARTS) is 1. The number of aliphatic carboxylic acids is 1. The van der Waals surface area contributed by atoms with E-state index in [1.54, 1.807) is 0 Å². The van der Waals surface area contributed by atoms with Gasteiger partial charge in [-0.15, -0.1) is 0 Å². The molecule has 18 heavy (non-hydrogen) atoms. The molecule has 1 unspecified atom stereocenters. The van der Waals surface area contributed by atoms with Crippen LogP contribution >= 0.6 is 15.9 Å². The van der Waals surface area contributed by atoms with Gasteiger partial charge in [0.15, 0.2) is 0 Å². The normalized spacial score (nSPS) is 12.7. The summed E-state index contributed by atoms with van der Waals surface area (Å²) >= 11 is 3.54. The number of benzene rings is 1. The van der Waals surface area contributed by atoms with E-state index < -0.39 is 11.9 Å². The Morgan fingerprint density at radius 3 is 2.39 bits per heavy atom. The van der Waals surface area contributed by atoms with E-state index in [0.717, 1.165) is 22.9 Å². The predicted octanol–water partition coefficient (Wildman–Crippen LogP) is 3.48. The number of halogens is 1. The maximum absolute atomic E-state index is 11.1. The molecule has 0 aliphatic heterocycles. The summed E-state index contributed by atoms with van der Waals surface area (Å²) in [7, 11) is 0.